The number of nitrogens with zero attached hydrogens (tertiary/aromatic N) is 3. The van der Waals surface area contributed by atoms with Gasteiger partial charge >= 0.3 is 0 Å². The number of hydrogen-bond acceptors (Lipinski definition) is 5. The van der Waals surface area contributed by atoms with Crippen molar-refractivity contribution < 1.29 is 9.53 Å². The number of ether oxygens (including phenoxy) is 1. The predicted octanol–water partition coefficient (Wildman–Crippen LogP) is 2.26. The van der Waals surface area contributed by atoms with Crippen LogP contribution in [0.25, 0.3) is 0 Å². The molecule has 2 aromatic rings. The third-order valence-corrected chi connectivity index (χ3v) is 4.55. The summed E-state index contributed by atoms with van der Waals surface area (Å²) < 4.78 is 5.56. The summed E-state index contributed by atoms with van der Waals surface area (Å²) in [6.45, 7) is 4.41. The van der Waals surface area contributed by atoms with Gasteiger partial charge in [-0.2, -0.15) is 0 Å². The van der Waals surface area contributed by atoms with Gasteiger partial charge in [0.2, 0.25) is 0 Å². The van der Waals surface area contributed by atoms with Crippen LogP contribution in [0.5, 0.6) is 5.75 Å². The molecule has 0 aliphatic carbocycles. The average Bonchev–Trinajstić information content (AvgIpc) is 2.98. The molecule has 1 aliphatic rings. The molecule has 122 valence electrons. The predicted molar refractivity (Wildman–Crippen MR) is 90.5 cm³/mol. The summed E-state index contributed by atoms with van der Waals surface area (Å²) in [5, 5.41) is 2.08. The van der Waals surface area contributed by atoms with Gasteiger partial charge in [0.05, 0.1) is 11.2 Å². The number of aromatic nitrogens is 1. The first-order valence-electron chi connectivity index (χ1n) is 7.86. The van der Waals surface area contributed by atoms with Crippen molar-refractivity contribution >= 4 is 17.2 Å². The van der Waals surface area contributed by atoms with E-state index in [4.69, 9.17) is 4.74 Å². The lowest BCUT2D eigenvalue weighted by atomic mass is 10.3. The molecule has 0 N–H and O–H groups in total. The second kappa shape index (κ2) is 8.08. The standard InChI is InChI=1S/C17H21N3O2S/c21-17(12-22-16-5-2-1-3-6-16)20-8-4-7-19(9-10-20)11-15-13-23-14-18-15/h1-3,5-6,13-14H,4,7-12H2. The summed E-state index contributed by atoms with van der Waals surface area (Å²) in [5.74, 6) is 0.796. The van der Waals surface area contributed by atoms with E-state index in [2.05, 4.69) is 15.3 Å². The maximum atomic E-state index is 12.3. The Morgan fingerprint density at radius 1 is 1.17 bits per heavy atom. The Hall–Kier alpha value is -1.92. The van der Waals surface area contributed by atoms with E-state index in [1.54, 1.807) is 11.3 Å². The molecular formula is C17H21N3O2S. The quantitative estimate of drug-likeness (QED) is 0.843. The lowest BCUT2D eigenvalue weighted by Crippen LogP contribution is -2.38. The third kappa shape index (κ3) is 4.77. The minimum Gasteiger partial charge on any atom is -0.484 e. The van der Waals surface area contributed by atoms with Gasteiger partial charge in [-0.15, -0.1) is 11.3 Å². The van der Waals surface area contributed by atoms with Crippen LogP contribution in [0.15, 0.2) is 41.2 Å². The van der Waals surface area contributed by atoms with Crippen LogP contribution in [-0.4, -0.2) is 53.5 Å². The summed E-state index contributed by atoms with van der Waals surface area (Å²) in [6.07, 6.45) is 0.987. The van der Waals surface area contributed by atoms with E-state index in [0.29, 0.717) is 0 Å². The molecule has 1 amide bonds. The van der Waals surface area contributed by atoms with Crippen molar-refractivity contribution in [3.63, 3.8) is 0 Å². The van der Waals surface area contributed by atoms with Crippen LogP contribution in [0, 0.1) is 0 Å². The molecule has 1 aromatic carbocycles. The van der Waals surface area contributed by atoms with Crippen LogP contribution >= 0.6 is 11.3 Å². The largest absolute Gasteiger partial charge is 0.484 e. The van der Waals surface area contributed by atoms with Crippen LogP contribution in [0.1, 0.15) is 12.1 Å². The zero-order valence-corrected chi connectivity index (χ0v) is 13.9. The monoisotopic (exact) mass is 331 g/mol. The highest BCUT2D eigenvalue weighted by Gasteiger charge is 2.19. The van der Waals surface area contributed by atoms with Crippen molar-refractivity contribution in [1.82, 2.24) is 14.8 Å². The first-order valence-corrected chi connectivity index (χ1v) is 8.80. The molecule has 0 radical (unpaired) electrons. The molecule has 0 bridgehead atoms. The second-order valence-corrected chi connectivity index (χ2v) is 6.31. The van der Waals surface area contributed by atoms with Crippen LogP contribution in [0.3, 0.4) is 0 Å². The Morgan fingerprint density at radius 2 is 2.04 bits per heavy atom. The van der Waals surface area contributed by atoms with Crippen molar-refractivity contribution in [3.8, 4) is 5.75 Å². The molecule has 6 heteroatoms. The fourth-order valence-corrected chi connectivity index (χ4v) is 3.23. The van der Waals surface area contributed by atoms with Crippen molar-refractivity contribution in [2.45, 2.75) is 13.0 Å². The minimum absolute atomic E-state index is 0.0596. The molecule has 0 saturated carbocycles. The molecule has 1 aromatic heterocycles. The number of rotatable bonds is 5. The van der Waals surface area contributed by atoms with Gasteiger partial charge in [0, 0.05) is 38.1 Å². The van der Waals surface area contributed by atoms with Crippen LogP contribution < -0.4 is 4.74 Å². The number of para-hydroxylation sites is 1. The first kappa shape index (κ1) is 16.0. The SMILES string of the molecule is O=C(COc1ccccc1)N1CCCN(Cc2cscn2)CC1. The van der Waals surface area contributed by atoms with Crippen molar-refractivity contribution in [2.24, 2.45) is 0 Å². The molecule has 2 heterocycles. The maximum absolute atomic E-state index is 12.3. The van der Waals surface area contributed by atoms with E-state index in [0.717, 1.165) is 50.6 Å². The summed E-state index contributed by atoms with van der Waals surface area (Å²) in [4.78, 5) is 20.9. The molecule has 1 aliphatic heterocycles. The van der Waals surface area contributed by atoms with E-state index >= 15 is 0 Å². The molecule has 5 nitrogen and oxygen atoms in total. The van der Waals surface area contributed by atoms with Gasteiger partial charge in [-0.3, -0.25) is 9.69 Å². The number of thiazole rings is 1. The van der Waals surface area contributed by atoms with E-state index in [-0.39, 0.29) is 12.5 Å². The summed E-state index contributed by atoms with van der Waals surface area (Å²) >= 11 is 1.62. The number of benzene rings is 1. The third-order valence-electron chi connectivity index (χ3n) is 3.92. The van der Waals surface area contributed by atoms with Gasteiger partial charge in [0.1, 0.15) is 5.75 Å². The lowest BCUT2D eigenvalue weighted by Gasteiger charge is -2.21. The van der Waals surface area contributed by atoms with Gasteiger partial charge in [0.25, 0.3) is 5.91 Å². The molecule has 0 spiro atoms. The van der Waals surface area contributed by atoms with E-state index in [1.807, 2.05) is 40.7 Å². The van der Waals surface area contributed by atoms with Crippen molar-refractivity contribution in [2.75, 3.05) is 32.8 Å². The van der Waals surface area contributed by atoms with E-state index in [1.165, 1.54) is 0 Å². The van der Waals surface area contributed by atoms with Crippen molar-refractivity contribution in [1.29, 1.82) is 0 Å². The highest BCUT2D eigenvalue weighted by Crippen LogP contribution is 2.11. The Labute approximate surface area is 140 Å². The normalized spacial score (nSPS) is 16.1. The van der Waals surface area contributed by atoms with Crippen molar-refractivity contribution in [3.05, 3.63) is 46.9 Å². The van der Waals surface area contributed by atoms with Crippen LogP contribution in [0.2, 0.25) is 0 Å². The molecule has 1 fully saturated rings. The Balaban J connectivity index is 1.46. The summed E-state index contributed by atoms with van der Waals surface area (Å²) in [6, 6.07) is 9.47. The molecule has 0 unspecified atom stereocenters. The Kier molecular flexibility index (Phi) is 5.60. The van der Waals surface area contributed by atoms with E-state index in [9.17, 15) is 4.79 Å². The fraction of sp³-hybridized carbons (Fsp3) is 0.412. The second-order valence-electron chi connectivity index (χ2n) is 5.59. The van der Waals surface area contributed by atoms with Gasteiger partial charge in [0.15, 0.2) is 6.61 Å². The van der Waals surface area contributed by atoms with Gasteiger partial charge < -0.3 is 9.64 Å². The van der Waals surface area contributed by atoms with Gasteiger partial charge in [-0.1, -0.05) is 18.2 Å². The first-order chi connectivity index (χ1) is 11.3. The van der Waals surface area contributed by atoms with Gasteiger partial charge in [-0.05, 0) is 18.6 Å². The van der Waals surface area contributed by atoms with Crippen LogP contribution in [0.4, 0.5) is 0 Å². The summed E-state index contributed by atoms with van der Waals surface area (Å²) in [5.41, 5.74) is 2.98. The lowest BCUT2D eigenvalue weighted by molar-refractivity contribution is -0.133. The summed E-state index contributed by atoms with van der Waals surface area (Å²) in [7, 11) is 0. The minimum atomic E-state index is 0.0596. The number of hydrogen-bond donors (Lipinski definition) is 0. The maximum Gasteiger partial charge on any atom is 0.260 e. The smallest absolute Gasteiger partial charge is 0.260 e. The number of carbonyl (C=O) groups excluding carboxylic acids is 1. The molecule has 23 heavy (non-hydrogen) atoms. The molecular weight excluding hydrogens is 310 g/mol. The topological polar surface area (TPSA) is 45.7 Å². The Bertz CT molecular complexity index is 604. The van der Waals surface area contributed by atoms with Gasteiger partial charge in [-0.25, -0.2) is 4.98 Å². The Morgan fingerprint density at radius 3 is 2.83 bits per heavy atom. The average molecular weight is 331 g/mol. The molecule has 0 atom stereocenters. The molecule has 3 rings (SSSR count). The highest BCUT2D eigenvalue weighted by molar-refractivity contribution is 7.07. The zero-order chi connectivity index (χ0) is 15.9. The zero-order valence-electron chi connectivity index (χ0n) is 13.1. The molecule has 1 saturated heterocycles. The van der Waals surface area contributed by atoms with E-state index < -0.39 is 0 Å². The fourth-order valence-electron chi connectivity index (χ4n) is 2.68. The highest BCUT2D eigenvalue weighted by atomic mass is 32.1. The number of amides is 1. The van der Waals surface area contributed by atoms with Crippen LogP contribution in [-0.2, 0) is 11.3 Å². The number of carbonyl (C=O) groups is 1.